The maximum atomic E-state index is 10.9. The standard InChI is InChI=1S/C9H15NO2/c1-5-8(6-2)10-7(3)9(11)12-4/h1,7-8,10H,6H2,2-4H3. The van der Waals surface area contributed by atoms with Gasteiger partial charge in [0.1, 0.15) is 6.04 Å². The first-order valence-electron chi connectivity index (χ1n) is 3.95. The van der Waals surface area contributed by atoms with Gasteiger partial charge in [0.05, 0.1) is 13.2 Å². The Hall–Kier alpha value is -1.01. The van der Waals surface area contributed by atoms with Crippen LogP contribution in [0.15, 0.2) is 0 Å². The molecule has 0 saturated carbocycles. The highest BCUT2D eigenvalue weighted by atomic mass is 16.5. The lowest BCUT2D eigenvalue weighted by atomic mass is 10.2. The fourth-order valence-corrected chi connectivity index (χ4v) is 0.830. The molecule has 0 heterocycles. The van der Waals surface area contributed by atoms with Crippen LogP contribution >= 0.6 is 0 Å². The average molecular weight is 169 g/mol. The zero-order valence-corrected chi connectivity index (χ0v) is 7.76. The third kappa shape index (κ3) is 3.40. The number of ether oxygens (including phenoxy) is 1. The SMILES string of the molecule is C#CC(CC)NC(C)C(=O)OC. The van der Waals surface area contributed by atoms with Gasteiger partial charge in [-0.1, -0.05) is 12.8 Å². The van der Waals surface area contributed by atoms with Crippen molar-refractivity contribution in [1.29, 1.82) is 0 Å². The van der Waals surface area contributed by atoms with Crippen molar-refractivity contribution in [3.05, 3.63) is 0 Å². The Morgan fingerprint density at radius 2 is 2.33 bits per heavy atom. The second-order valence-electron chi connectivity index (χ2n) is 2.54. The zero-order chi connectivity index (χ0) is 9.56. The Kier molecular flexibility index (Phi) is 5.14. The molecule has 0 aliphatic rings. The van der Waals surface area contributed by atoms with Gasteiger partial charge in [-0.2, -0.15) is 0 Å². The summed E-state index contributed by atoms with van der Waals surface area (Å²) in [6.45, 7) is 3.69. The van der Waals surface area contributed by atoms with E-state index in [1.165, 1.54) is 7.11 Å². The maximum Gasteiger partial charge on any atom is 0.322 e. The van der Waals surface area contributed by atoms with Crippen molar-refractivity contribution >= 4 is 5.97 Å². The number of methoxy groups -OCH3 is 1. The van der Waals surface area contributed by atoms with Gasteiger partial charge in [-0.3, -0.25) is 10.1 Å². The van der Waals surface area contributed by atoms with Crippen molar-refractivity contribution in [2.45, 2.75) is 32.4 Å². The number of nitrogens with one attached hydrogen (secondary N) is 1. The van der Waals surface area contributed by atoms with E-state index in [1.807, 2.05) is 6.92 Å². The van der Waals surface area contributed by atoms with E-state index in [4.69, 9.17) is 6.42 Å². The van der Waals surface area contributed by atoms with Crippen LogP contribution in [0.3, 0.4) is 0 Å². The minimum atomic E-state index is -0.337. The van der Waals surface area contributed by atoms with E-state index < -0.39 is 0 Å². The third-order valence-corrected chi connectivity index (χ3v) is 1.62. The highest BCUT2D eigenvalue weighted by Crippen LogP contribution is 1.93. The van der Waals surface area contributed by atoms with Crippen LogP contribution in [0.4, 0.5) is 0 Å². The van der Waals surface area contributed by atoms with E-state index in [0.29, 0.717) is 0 Å². The molecule has 0 spiro atoms. The molecule has 1 N–H and O–H groups in total. The first-order chi connectivity index (χ1) is 5.65. The van der Waals surface area contributed by atoms with Crippen LogP contribution < -0.4 is 5.32 Å². The third-order valence-electron chi connectivity index (χ3n) is 1.62. The smallest absolute Gasteiger partial charge is 0.322 e. The van der Waals surface area contributed by atoms with E-state index in [-0.39, 0.29) is 18.1 Å². The van der Waals surface area contributed by atoms with Crippen LogP contribution in [0.2, 0.25) is 0 Å². The van der Waals surface area contributed by atoms with Crippen molar-refractivity contribution in [3.63, 3.8) is 0 Å². The minimum absolute atomic E-state index is 0.0564. The van der Waals surface area contributed by atoms with Crippen molar-refractivity contribution in [2.24, 2.45) is 0 Å². The van der Waals surface area contributed by atoms with Crippen LogP contribution in [0.1, 0.15) is 20.3 Å². The first-order valence-corrected chi connectivity index (χ1v) is 3.95. The molecule has 0 fully saturated rings. The van der Waals surface area contributed by atoms with Gasteiger partial charge in [-0.05, 0) is 13.3 Å². The first kappa shape index (κ1) is 11.0. The summed E-state index contributed by atoms with van der Waals surface area (Å²) < 4.78 is 4.53. The van der Waals surface area contributed by atoms with Gasteiger partial charge in [0.25, 0.3) is 0 Å². The van der Waals surface area contributed by atoms with Gasteiger partial charge in [0, 0.05) is 0 Å². The number of carbonyl (C=O) groups is 1. The molecule has 0 rings (SSSR count). The fraction of sp³-hybridized carbons (Fsp3) is 0.667. The number of esters is 1. The molecular formula is C9H15NO2. The van der Waals surface area contributed by atoms with E-state index in [9.17, 15) is 4.79 Å². The van der Waals surface area contributed by atoms with Gasteiger partial charge in [-0.15, -0.1) is 6.42 Å². The van der Waals surface area contributed by atoms with Gasteiger partial charge < -0.3 is 4.74 Å². The van der Waals surface area contributed by atoms with Gasteiger partial charge in [-0.25, -0.2) is 0 Å². The topological polar surface area (TPSA) is 38.3 Å². The summed E-state index contributed by atoms with van der Waals surface area (Å²) >= 11 is 0. The number of hydrogen-bond acceptors (Lipinski definition) is 3. The van der Waals surface area contributed by atoms with Crippen molar-refractivity contribution in [2.75, 3.05) is 7.11 Å². The summed E-state index contributed by atoms with van der Waals surface area (Å²) in [7, 11) is 1.36. The highest BCUT2D eigenvalue weighted by molar-refractivity contribution is 5.75. The highest BCUT2D eigenvalue weighted by Gasteiger charge is 2.14. The fourth-order valence-electron chi connectivity index (χ4n) is 0.830. The molecule has 0 radical (unpaired) electrons. The van der Waals surface area contributed by atoms with Crippen LogP contribution in [0.5, 0.6) is 0 Å². The Labute approximate surface area is 73.5 Å². The number of carbonyl (C=O) groups excluding carboxylic acids is 1. The van der Waals surface area contributed by atoms with Crippen molar-refractivity contribution in [1.82, 2.24) is 5.32 Å². The molecule has 0 aliphatic carbocycles. The minimum Gasteiger partial charge on any atom is -0.468 e. The van der Waals surface area contributed by atoms with Crippen molar-refractivity contribution < 1.29 is 9.53 Å². The van der Waals surface area contributed by atoms with E-state index >= 15 is 0 Å². The Morgan fingerprint density at radius 1 is 1.75 bits per heavy atom. The summed E-state index contributed by atoms with van der Waals surface area (Å²) in [5, 5.41) is 2.96. The average Bonchev–Trinajstić information content (AvgIpc) is 2.12. The largest absolute Gasteiger partial charge is 0.468 e. The molecule has 0 bridgehead atoms. The van der Waals surface area contributed by atoms with E-state index in [2.05, 4.69) is 16.0 Å². The van der Waals surface area contributed by atoms with Gasteiger partial charge in [0.2, 0.25) is 0 Å². The van der Waals surface area contributed by atoms with Crippen molar-refractivity contribution in [3.8, 4) is 12.3 Å². The van der Waals surface area contributed by atoms with E-state index in [0.717, 1.165) is 6.42 Å². The molecule has 0 amide bonds. The Morgan fingerprint density at radius 3 is 2.67 bits per heavy atom. The summed E-state index contributed by atoms with van der Waals surface area (Å²) in [4.78, 5) is 10.9. The molecule has 3 heteroatoms. The molecule has 3 nitrogen and oxygen atoms in total. The number of rotatable bonds is 4. The predicted octanol–water partition coefficient (Wildman–Crippen LogP) is 0.549. The summed E-state index contributed by atoms with van der Waals surface area (Å²) in [5.41, 5.74) is 0. The molecule has 12 heavy (non-hydrogen) atoms. The molecule has 2 unspecified atom stereocenters. The van der Waals surface area contributed by atoms with E-state index in [1.54, 1.807) is 6.92 Å². The molecular weight excluding hydrogens is 154 g/mol. The van der Waals surface area contributed by atoms with Crippen LogP contribution in [0.25, 0.3) is 0 Å². The van der Waals surface area contributed by atoms with Crippen LogP contribution in [-0.2, 0) is 9.53 Å². The monoisotopic (exact) mass is 169 g/mol. The van der Waals surface area contributed by atoms with Crippen LogP contribution in [-0.4, -0.2) is 25.2 Å². The zero-order valence-electron chi connectivity index (χ0n) is 7.76. The lowest BCUT2D eigenvalue weighted by Gasteiger charge is -2.15. The summed E-state index contributed by atoms with van der Waals surface area (Å²) in [6.07, 6.45) is 6.01. The molecule has 0 saturated heterocycles. The van der Waals surface area contributed by atoms with Crippen LogP contribution in [0, 0.1) is 12.3 Å². The predicted molar refractivity (Wildman–Crippen MR) is 47.5 cm³/mol. The Bertz CT molecular complexity index is 183. The molecule has 2 atom stereocenters. The number of terminal acetylenes is 1. The molecule has 68 valence electrons. The quantitative estimate of drug-likeness (QED) is 0.493. The molecule has 0 aromatic heterocycles. The summed E-state index contributed by atoms with van der Waals surface area (Å²) in [6, 6.07) is -0.393. The lowest BCUT2D eigenvalue weighted by molar-refractivity contribution is -0.142. The molecule has 0 aromatic carbocycles. The molecule has 0 aromatic rings. The Balaban J connectivity index is 3.91. The second kappa shape index (κ2) is 5.62. The van der Waals surface area contributed by atoms with Gasteiger partial charge >= 0.3 is 5.97 Å². The number of hydrogen-bond donors (Lipinski definition) is 1. The molecule has 0 aliphatic heterocycles. The normalized spacial score (nSPS) is 14.5. The second-order valence-corrected chi connectivity index (χ2v) is 2.54. The lowest BCUT2D eigenvalue weighted by Crippen LogP contribution is -2.40. The summed E-state index contributed by atoms with van der Waals surface area (Å²) in [5.74, 6) is 2.25. The van der Waals surface area contributed by atoms with Gasteiger partial charge in [0.15, 0.2) is 0 Å². The maximum absolute atomic E-state index is 10.9.